The highest BCUT2D eigenvalue weighted by atomic mass is 16.5. The van der Waals surface area contributed by atoms with E-state index in [2.05, 4.69) is 126 Å². The zero-order chi connectivity index (χ0) is 40.9. The minimum Gasteiger partial charge on any atom is -0.508 e. The lowest BCUT2D eigenvalue weighted by molar-refractivity contribution is -0.232. The minimum atomic E-state index is -1.01. The molecule has 4 aromatic carbocycles. The molecule has 0 amide bonds. The zero-order valence-electron chi connectivity index (χ0n) is 36.2. The third-order valence-corrected chi connectivity index (χ3v) is 15.7. The van der Waals surface area contributed by atoms with Crippen molar-refractivity contribution in [3.8, 4) is 11.5 Å². The Balaban J connectivity index is 2.02. The van der Waals surface area contributed by atoms with Crippen LogP contribution in [-0.2, 0) is 20.9 Å². The highest BCUT2D eigenvalue weighted by molar-refractivity contribution is 6.02. The van der Waals surface area contributed by atoms with Crippen LogP contribution >= 0.6 is 0 Å². The van der Waals surface area contributed by atoms with Crippen LogP contribution in [0.15, 0.2) is 78.9 Å². The third-order valence-electron chi connectivity index (χ3n) is 15.7. The summed E-state index contributed by atoms with van der Waals surface area (Å²) in [6.07, 6.45) is 6.67. The van der Waals surface area contributed by atoms with Gasteiger partial charge >= 0.3 is 11.9 Å². The van der Waals surface area contributed by atoms with Crippen LogP contribution in [-0.4, -0.2) is 17.0 Å². The van der Waals surface area contributed by atoms with Crippen LogP contribution < -0.4 is 4.74 Å². The Bertz CT molecular complexity index is 1850. The second-order valence-electron chi connectivity index (χ2n) is 17.3. The molecule has 0 saturated heterocycles. The van der Waals surface area contributed by atoms with Gasteiger partial charge in [-0.05, 0) is 132 Å². The van der Waals surface area contributed by atoms with E-state index >= 15 is 9.59 Å². The molecule has 0 saturated carbocycles. The predicted molar refractivity (Wildman–Crippen MR) is 229 cm³/mol. The first-order chi connectivity index (χ1) is 26.1. The van der Waals surface area contributed by atoms with E-state index in [4.69, 9.17) is 9.47 Å². The summed E-state index contributed by atoms with van der Waals surface area (Å²) in [6, 6.07) is 25.3. The number of phenols is 1. The van der Waals surface area contributed by atoms with Gasteiger partial charge in [-0.3, -0.25) is 9.59 Å². The van der Waals surface area contributed by atoms with Crippen molar-refractivity contribution in [3.05, 3.63) is 84.4 Å². The lowest BCUT2D eigenvalue weighted by Crippen LogP contribution is -2.67. The maximum absolute atomic E-state index is 15.8. The molecule has 2 atom stereocenters. The molecule has 0 spiro atoms. The first-order valence-electron chi connectivity index (χ1n) is 21.1. The SMILES string of the molecule is CCC(C)(CC)CC(C)(C(=O)Oc1ccc(O)cc1)C(CC)(CC)C(CC)(CC)C(C)(C(=O)OCc1c2ccccc2cc2ccccc12)C(C)(CC)CC. The van der Waals surface area contributed by atoms with Crippen LogP contribution in [0.4, 0.5) is 0 Å². The molecule has 0 aliphatic heterocycles. The zero-order valence-corrected chi connectivity index (χ0v) is 36.2. The molecule has 1 N–H and O–H groups in total. The van der Waals surface area contributed by atoms with E-state index < -0.39 is 27.1 Å². The number of fused-ring (bicyclic) bond motifs is 2. The number of aromatic hydroxyl groups is 1. The van der Waals surface area contributed by atoms with Crippen LogP contribution in [0.2, 0.25) is 0 Å². The van der Waals surface area contributed by atoms with Gasteiger partial charge in [0.1, 0.15) is 18.1 Å². The fourth-order valence-corrected chi connectivity index (χ4v) is 11.4. The van der Waals surface area contributed by atoms with Gasteiger partial charge < -0.3 is 14.6 Å². The van der Waals surface area contributed by atoms with E-state index in [0.29, 0.717) is 37.9 Å². The molecule has 0 aliphatic rings. The van der Waals surface area contributed by atoms with Gasteiger partial charge in [-0.15, -0.1) is 0 Å². The molecule has 55 heavy (non-hydrogen) atoms. The quantitative estimate of drug-likeness (QED) is 0.0587. The average Bonchev–Trinajstić information content (AvgIpc) is 3.21. The fraction of sp³-hybridized carbons (Fsp3) is 0.560. The van der Waals surface area contributed by atoms with Gasteiger partial charge in [0, 0.05) is 5.56 Å². The summed E-state index contributed by atoms with van der Waals surface area (Å²) in [5, 5.41) is 14.4. The molecular formula is C50H70O5. The van der Waals surface area contributed by atoms with Crippen molar-refractivity contribution >= 4 is 33.5 Å². The van der Waals surface area contributed by atoms with Crippen LogP contribution in [0.5, 0.6) is 11.5 Å². The smallest absolute Gasteiger partial charge is 0.317 e. The number of carbonyl (C=O) groups is 2. The maximum Gasteiger partial charge on any atom is 0.317 e. The molecule has 4 aromatic rings. The van der Waals surface area contributed by atoms with E-state index in [1.54, 1.807) is 24.3 Å². The second kappa shape index (κ2) is 17.1. The normalized spacial score (nSPS) is 15.1. The van der Waals surface area contributed by atoms with E-state index in [0.717, 1.165) is 52.8 Å². The van der Waals surface area contributed by atoms with Gasteiger partial charge in [0.2, 0.25) is 0 Å². The van der Waals surface area contributed by atoms with E-state index in [1.165, 1.54) is 0 Å². The highest BCUT2D eigenvalue weighted by Crippen LogP contribution is 2.73. The van der Waals surface area contributed by atoms with Crippen molar-refractivity contribution in [2.24, 2.45) is 32.5 Å². The Hall–Kier alpha value is -3.86. The number of hydrogen-bond acceptors (Lipinski definition) is 5. The molecule has 5 nitrogen and oxygen atoms in total. The topological polar surface area (TPSA) is 72.8 Å². The van der Waals surface area contributed by atoms with Gasteiger partial charge in [0.05, 0.1) is 10.8 Å². The van der Waals surface area contributed by atoms with Crippen LogP contribution in [0, 0.1) is 32.5 Å². The minimum absolute atomic E-state index is 0.115. The van der Waals surface area contributed by atoms with E-state index in [1.807, 2.05) is 12.1 Å². The summed E-state index contributed by atoms with van der Waals surface area (Å²) < 4.78 is 13.2. The first kappa shape index (κ1) is 43.9. The molecule has 0 radical (unpaired) electrons. The lowest BCUT2D eigenvalue weighted by Gasteiger charge is -2.67. The van der Waals surface area contributed by atoms with Crippen molar-refractivity contribution < 1.29 is 24.2 Å². The molecule has 0 aliphatic carbocycles. The Labute approximate surface area is 332 Å². The number of benzene rings is 4. The Morgan fingerprint density at radius 2 is 1.05 bits per heavy atom. The fourth-order valence-electron chi connectivity index (χ4n) is 11.4. The predicted octanol–water partition coefficient (Wildman–Crippen LogP) is 14.0. The number of esters is 2. The number of hydrogen-bond donors (Lipinski definition) is 1. The molecule has 5 heteroatoms. The molecule has 0 bridgehead atoms. The number of ether oxygens (including phenoxy) is 2. The molecule has 2 unspecified atom stereocenters. The molecular weight excluding hydrogens is 681 g/mol. The summed E-state index contributed by atoms with van der Waals surface area (Å²) in [4.78, 5) is 31.1. The Morgan fingerprint density at radius 1 is 0.582 bits per heavy atom. The van der Waals surface area contributed by atoms with Gasteiger partial charge in [0.25, 0.3) is 0 Å². The molecule has 300 valence electrons. The van der Waals surface area contributed by atoms with Crippen LogP contribution in [0.25, 0.3) is 21.5 Å². The van der Waals surface area contributed by atoms with Crippen LogP contribution in [0.1, 0.15) is 146 Å². The number of rotatable bonds is 19. The molecule has 4 rings (SSSR count). The van der Waals surface area contributed by atoms with Crippen molar-refractivity contribution in [2.45, 2.75) is 147 Å². The largest absolute Gasteiger partial charge is 0.508 e. The van der Waals surface area contributed by atoms with Crippen molar-refractivity contribution in [2.75, 3.05) is 0 Å². The van der Waals surface area contributed by atoms with Gasteiger partial charge in [-0.1, -0.05) is 131 Å². The average molecular weight is 751 g/mol. The second-order valence-corrected chi connectivity index (χ2v) is 17.3. The highest BCUT2D eigenvalue weighted by Gasteiger charge is 2.72. The third kappa shape index (κ3) is 7.19. The van der Waals surface area contributed by atoms with E-state index in [9.17, 15) is 5.11 Å². The summed E-state index contributed by atoms with van der Waals surface area (Å²) in [5.74, 6) is 0.0335. The van der Waals surface area contributed by atoms with E-state index in [-0.39, 0.29) is 29.7 Å². The summed E-state index contributed by atoms with van der Waals surface area (Å²) >= 11 is 0. The lowest BCUT2D eigenvalue weighted by atomic mass is 9.35. The van der Waals surface area contributed by atoms with Gasteiger partial charge in [-0.2, -0.15) is 0 Å². The van der Waals surface area contributed by atoms with Gasteiger partial charge in [-0.25, -0.2) is 0 Å². The maximum atomic E-state index is 15.8. The monoisotopic (exact) mass is 751 g/mol. The van der Waals surface area contributed by atoms with Crippen molar-refractivity contribution in [1.29, 1.82) is 0 Å². The van der Waals surface area contributed by atoms with Crippen LogP contribution in [0.3, 0.4) is 0 Å². The van der Waals surface area contributed by atoms with Crippen molar-refractivity contribution in [3.63, 3.8) is 0 Å². The standard InChI is InChI=1S/C50H70O5/c1-13-45(9,14-2)35-47(11,43(52)55-39-31-29-38(51)30-32-39)49(17-5,18-6)50(19-7,20-8)48(12,46(10,15-3)16-4)44(53)54-34-42-40-27-23-21-25-36(40)33-37-26-22-24-28-41(37)42/h21-33,51H,13-20,34-35H2,1-12H3. The number of phenolic OH excluding ortho intramolecular Hbond substituents is 1. The number of carbonyl (C=O) groups excluding carboxylic acids is 2. The first-order valence-corrected chi connectivity index (χ1v) is 21.1. The molecule has 0 aromatic heterocycles. The molecule has 0 heterocycles. The van der Waals surface area contributed by atoms with Crippen molar-refractivity contribution in [1.82, 2.24) is 0 Å². The Kier molecular flexibility index (Phi) is 13.6. The summed E-state index contributed by atoms with van der Waals surface area (Å²) in [6.45, 7) is 26.7. The molecule has 0 fully saturated rings. The summed E-state index contributed by atoms with van der Waals surface area (Å²) in [7, 11) is 0. The van der Waals surface area contributed by atoms with Gasteiger partial charge in [0.15, 0.2) is 0 Å². The Morgan fingerprint density at radius 3 is 1.49 bits per heavy atom. The summed E-state index contributed by atoms with van der Waals surface area (Å²) in [5.41, 5.74) is -2.99.